The molecular formula is C18H12N4O. The van der Waals surface area contributed by atoms with Crippen LogP contribution in [0.25, 0.3) is 22.4 Å². The van der Waals surface area contributed by atoms with Crippen molar-refractivity contribution in [2.75, 3.05) is 0 Å². The van der Waals surface area contributed by atoms with E-state index in [1.165, 1.54) is 0 Å². The van der Waals surface area contributed by atoms with Crippen LogP contribution in [0.1, 0.15) is 5.56 Å². The van der Waals surface area contributed by atoms with Gasteiger partial charge in [0.2, 0.25) is 0 Å². The molecule has 0 aliphatic heterocycles. The number of fused-ring (bicyclic) bond motifs is 1. The van der Waals surface area contributed by atoms with Gasteiger partial charge in [-0.3, -0.25) is 4.57 Å². The van der Waals surface area contributed by atoms with E-state index in [1.54, 1.807) is 23.0 Å². The minimum Gasteiger partial charge on any atom is -0.508 e. The van der Waals surface area contributed by atoms with Crippen LogP contribution >= 0.6 is 0 Å². The van der Waals surface area contributed by atoms with Crippen LogP contribution in [0.15, 0.2) is 67.0 Å². The Labute approximate surface area is 132 Å². The summed E-state index contributed by atoms with van der Waals surface area (Å²) in [6, 6.07) is 18.8. The highest BCUT2D eigenvalue weighted by atomic mass is 16.3. The van der Waals surface area contributed by atoms with Gasteiger partial charge < -0.3 is 5.11 Å². The van der Waals surface area contributed by atoms with Crippen molar-refractivity contribution < 1.29 is 5.11 Å². The van der Waals surface area contributed by atoms with Gasteiger partial charge in [0.15, 0.2) is 5.82 Å². The van der Waals surface area contributed by atoms with Gasteiger partial charge in [-0.2, -0.15) is 10.4 Å². The number of nitriles is 1. The van der Waals surface area contributed by atoms with Gasteiger partial charge >= 0.3 is 0 Å². The molecule has 23 heavy (non-hydrogen) atoms. The number of para-hydroxylation sites is 1. The van der Waals surface area contributed by atoms with E-state index in [2.05, 4.69) is 11.2 Å². The van der Waals surface area contributed by atoms with Crippen LogP contribution in [0.3, 0.4) is 0 Å². The van der Waals surface area contributed by atoms with Crippen LogP contribution < -0.4 is 0 Å². The fourth-order valence-electron chi connectivity index (χ4n) is 2.81. The zero-order valence-electron chi connectivity index (χ0n) is 12.1. The predicted molar refractivity (Wildman–Crippen MR) is 86.8 cm³/mol. The molecule has 0 amide bonds. The van der Waals surface area contributed by atoms with Crippen molar-refractivity contribution in [3.63, 3.8) is 0 Å². The third-order valence-corrected chi connectivity index (χ3v) is 3.79. The lowest BCUT2D eigenvalue weighted by atomic mass is 10.2. The summed E-state index contributed by atoms with van der Waals surface area (Å²) in [5, 5.41) is 24.4. The van der Waals surface area contributed by atoms with Crippen molar-refractivity contribution in [1.82, 2.24) is 14.3 Å². The number of rotatable bonds is 2. The molecule has 2 aromatic heterocycles. The summed E-state index contributed by atoms with van der Waals surface area (Å²) in [7, 11) is 0. The number of hydrogen-bond acceptors (Lipinski definition) is 3. The highest BCUT2D eigenvalue weighted by molar-refractivity contribution is 5.92. The highest BCUT2D eigenvalue weighted by Crippen LogP contribution is 2.31. The van der Waals surface area contributed by atoms with Crippen molar-refractivity contribution in [2.24, 2.45) is 0 Å². The maximum Gasteiger partial charge on any atom is 0.157 e. The van der Waals surface area contributed by atoms with Gasteiger partial charge in [-0.15, -0.1) is 0 Å². The Kier molecular flexibility index (Phi) is 2.88. The first-order chi connectivity index (χ1) is 11.3. The standard InChI is InChI=1S/C18H12N4O/c19-12-16-15-4-1-2-5-17(15)22(13-6-8-14(23)9-7-13)18(16)21-11-3-10-20-21/h1-11,23H. The molecule has 0 atom stereocenters. The van der Waals surface area contributed by atoms with Gasteiger partial charge in [-0.25, -0.2) is 4.68 Å². The van der Waals surface area contributed by atoms with Gasteiger partial charge in [0, 0.05) is 23.5 Å². The fraction of sp³-hybridized carbons (Fsp3) is 0. The quantitative estimate of drug-likeness (QED) is 0.617. The molecule has 0 aliphatic rings. The van der Waals surface area contributed by atoms with E-state index < -0.39 is 0 Å². The molecule has 0 saturated carbocycles. The van der Waals surface area contributed by atoms with Crippen molar-refractivity contribution >= 4 is 10.9 Å². The molecule has 0 bridgehead atoms. The van der Waals surface area contributed by atoms with Crippen LogP contribution in [0.5, 0.6) is 5.75 Å². The van der Waals surface area contributed by atoms with Crippen LogP contribution in [0, 0.1) is 11.3 Å². The molecule has 0 spiro atoms. The van der Waals surface area contributed by atoms with Crippen molar-refractivity contribution in [3.05, 3.63) is 72.6 Å². The summed E-state index contributed by atoms with van der Waals surface area (Å²) in [5.74, 6) is 0.885. The number of phenolic OH excluding ortho intramolecular Hbond substituents is 1. The second-order valence-corrected chi connectivity index (χ2v) is 5.13. The fourth-order valence-corrected chi connectivity index (χ4v) is 2.81. The molecule has 0 fully saturated rings. The smallest absolute Gasteiger partial charge is 0.157 e. The summed E-state index contributed by atoms with van der Waals surface area (Å²) >= 11 is 0. The SMILES string of the molecule is N#Cc1c(-n2cccn2)n(-c2ccc(O)cc2)c2ccccc12. The molecule has 4 rings (SSSR count). The maximum absolute atomic E-state index is 9.68. The lowest BCUT2D eigenvalue weighted by Crippen LogP contribution is -2.05. The summed E-state index contributed by atoms with van der Waals surface area (Å²) in [4.78, 5) is 0. The first-order valence-corrected chi connectivity index (χ1v) is 7.12. The Hall–Kier alpha value is -3.52. The number of aromatic nitrogens is 3. The maximum atomic E-state index is 9.68. The first-order valence-electron chi connectivity index (χ1n) is 7.12. The molecule has 2 aromatic carbocycles. The topological polar surface area (TPSA) is 66.8 Å². The largest absolute Gasteiger partial charge is 0.508 e. The Morgan fingerprint density at radius 2 is 1.78 bits per heavy atom. The van der Waals surface area contributed by atoms with Crippen LogP contribution in [0.4, 0.5) is 0 Å². The van der Waals surface area contributed by atoms with Crippen LogP contribution in [-0.2, 0) is 0 Å². The molecular weight excluding hydrogens is 288 g/mol. The van der Waals surface area contributed by atoms with Crippen molar-refractivity contribution in [3.8, 4) is 23.3 Å². The molecule has 4 aromatic rings. The molecule has 0 saturated heterocycles. The van der Waals surface area contributed by atoms with E-state index in [9.17, 15) is 10.4 Å². The van der Waals surface area contributed by atoms with Crippen LogP contribution in [0.2, 0.25) is 0 Å². The van der Waals surface area contributed by atoms with E-state index in [1.807, 2.05) is 53.2 Å². The summed E-state index contributed by atoms with van der Waals surface area (Å²) in [5.41, 5.74) is 2.34. The second kappa shape index (κ2) is 5.04. The predicted octanol–water partition coefficient (Wildman–Crippen LogP) is 3.39. The lowest BCUT2D eigenvalue weighted by molar-refractivity contribution is 0.475. The molecule has 110 valence electrons. The van der Waals surface area contributed by atoms with Gasteiger partial charge in [-0.05, 0) is 36.4 Å². The zero-order valence-corrected chi connectivity index (χ0v) is 12.1. The molecule has 5 nitrogen and oxygen atoms in total. The van der Waals surface area contributed by atoms with Crippen molar-refractivity contribution in [1.29, 1.82) is 5.26 Å². The monoisotopic (exact) mass is 300 g/mol. The average Bonchev–Trinajstić information content (AvgIpc) is 3.21. The Morgan fingerprint density at radius 3 is 2.48 bits per heavy atom. The Balaban J connectivity index is 2.15. The van der Waals surface area contributed by atoms with E-state index in [4.69, 9.17) is 0 Å². The third kappa shape index (κ3) is 1.97. The first kappa shape index (κ1) is 13.2. The molecule has 5 heteroatoms. The molecule has 1 N–H and O–H groups in total. The Morgan fingerprint density at radius 1 is 1.00 bits per heavy atom. The van der Waals surface area contributed by atoms with E-state index in [0.29, 0.717) is 11.4 Å². The number of benzene rings is 2. The van der Waals surface area contributed by atoms with E-state index in [-0.39, 0.29) is 5.75 Å². The number of phenols is 1. The minimum absolute atomic E-state index is 0.200. The number of aromatic hydroxyl groups is 1. The normalized spacial score (nSPS) is 10.7. The molecule has 0 radical (unpaired) electrons. The third-order valence-electron chi connectivity index (χ3n) is 3.79. The summed E-state index contributed by atoms with van der Waals surface area (Å²) < 4.78 is 3.66. The summed E-state index contributed by atoms with van der Waals surface area (Å²) in [6.07, 6.45) is 3.49. The molecule has 0 unspecified atom stereocenters. The van der Waals surface area contributed by atoms with Gasteiger partial charge in [0.1, 0.15) is 17.4 Å². The van der Waals surface area contributed by atoms with Crippen LogP contribution in [-0.4, -0.2) is 19.5 Å². The van der Waals surface area contributed by atoms with E-state index in [0.717, 1.165) is 16.6 Å². The zero-order chi connectivity index (χ0) is 15.8. The highest BCUT2D eigenvalue weighted by Gasteiger charge is 2.19. The van der Waals surface area contributed by atoms with Gasteiger partial charge in [0.05, 0.1) is 5.52 Å². The minimum atomic E-state index is 0.200. The summed E-state index contributed by atoms with van der Waals surface area (Å²) in [6.45, 7) is 0. The number of hydrogen-bond donors (Lipinski definition) is 1. The lowest BCUT2D eigenvalue weighted by Gasteiger charge is -2.11. The molecule has 2 heterocycles. The van der Waals surface area contributed by atoms with Gasteiger partial charge in [-0.1, -0.05) is 18.2 Å². The van der Waals surface area contributed by atoms with E-state index >= 15 is 0 Å². The number of nitrogens with zero attached hydrogens (tertiary/aromatic N) is 4. The average molecular weight is 300 g/mol. The Bertz CT molecular complexity index is 1020. The second-order valence-electron chi connectivity index (χ2n) is 5.13. The molecule has 0 aliphatic carbocycles. The van der Waals surface area contributed by atoms with Gasteiger partial charge in [0.25, 0.3) is 0 Å². The van der Waals surface area contributed by atoms with Crippen molar-refractivity contribution in [2.45, 2.75) is 0 Å².